The number of para-hydroxylation sites is 1. The van der Waals surface area contributed by atoms with Gasteiger partial charge < -0.3 is 25.5 Å². The average molecular weight is 527 g/mol. The van der Waals surface area contributed by atoms with Crippen molar-refractivity contribution < 1.29 is 22.4 Å². The molecule has 37 heavy (non-hydrogen) atoms. The van der Waals surface area contributed by atoms with E-state index in [1.165, 1.54) is 19.6 Å². The summed E-state index contributed by atoms with van der Waals surface area (Å²) in [6, 6.07) is 5.30. The monoisotopic (exact) mass is 526 g/mol. The summed E-state index contributed by atoms with van der Waals surface area (Å²) in [5, 5.41) is 10.4. The summed E-state index contributed by atoms with van der Waals surface area (Å²) in [7, 11) is -1.83. The topological polar surface area (TPSA) is 180 Å². The Morgan fingerprint density at radius 1 is 1.22 bits per heavy atom. The lowest BCUT2D eigenvalue weighted by Gasteiger charge is -2.15. The molecule has 194 valence electrons. The number of sulfone groups is 1. The highest BCUT2D eigenvalue weighted by atomic mass is 32.2. The van der Waals surface area contributed by atoms with Gasteiger partial charge in [0.05, 0.1) is 41.7 Å². The van der Waals surface area contributed by atoms with E-state index in [-0.39, 0.29) is 40.7 Å². The summed E-state index contributed by atoms with van der Waals surface area (Å²) < 4.78 is 36.1. The lowest BCUT2D eigenvalue weighted by Crippen LogP contribution is -2.16. The molecule has 3 heterocycles. The van der Waals surface area contributed by atoms with Crippen LogP contribution in [0.15, 0.2) is 47.5 Å². The van der Waals surface area contributed by atoms with Crippen LogP contribution in [-0.2, 0) is 15.6 Å². The van der Waals surface area contributed by atoms with Gasteiger partial charge in [0, 0.05) is 24.7 Å². The Hall–Kier alpha value is -4.46. The highest BCUT2D eigenvalue weighted by Crippen LogP contribution is 2.38. The van der Waals surface area contributed by atoms with Crippen LogP contribution in [-0.4, -0.2) is 52.4 Å². The number of ether oxygens (including phenoxy) is 1. The van der Waals surface area contributed by atoms with E-state index in [0.717, 1.165) is 6.26 Å². The number of hydrogen-bond donors (Lipinski definition) is 3. The first-order valence-electron chi connectivity index (χ1n) is 11.1. The molecular weight excluding hydrogens is 500 g/mol. The summed E-state index contributed by atoms with van der Waals surface area (Å²) in [6.07, 6.45) is 7.16. The Morgan fingerprint density at radius 2 is 2.00 bits per heavy atom. The molecule has 14 heteroatoms. The number of nitrogens with one attached hydrogen (secondary N) is 2. The second-order valence-electron chi connectivity index (χ2n) is 8.47. The molecule has 0 aliphatic heterocycles. The van der Waals surface area contributed by atoms with Gasteiger partial charge >= 0.3 is 0 Å². The maximum Gasteiger partial charge on any atom is 0.254 e. The quantitative estimate of drug-likeness (QED) is 0.276. The van der Waals surface area contributed by atoms with E-state index in [9.17, 15) is 13.2 Å². The van der Waals surface area contributed by atoms with Crippen molar-refractivity contribution in [3.63, 3.8) is 0 Å². The van der Waals surface area contributed by atoms with Gasteiger partial charge in [0.1, 0.15) is 17.6 Å². The molecule has 0 atom stereocenters. The average Bonchev–Trinajstić information content (AvgIpc) is 3.47. The van der Waals surface area contributed by atoms with Crippen molar-refractivity contribution in [3.8, 4) is 17.2 Å². The zero-order chi connectivity index (χ0) is 26.7. The van der Waals surface area contributed by atoms with Crippen LogP contribution in [0.3, 0.4) is 0 Å². The van der Waals surface area contributed by atoms with Crippen LogP contribution in [0.2, 0.25) is 0 Å². The van der Waals surface area contributed by atoms with Crippen molar-refractivity contribution in [1.82, 2.24) is 24.7 Å². The Balaban J connectivity index is 1.67. The molecule has 1 aromatic carbocycles. The fraction of sp³-hybridized carbons (Fsp3) is 0.261. The number of nitrogens with zero attached hydrogens (tertiary/aromatic N) is 5. The molecular formula is C23H26N8O5S. The molecule has 0 spiro atoms. The maximum atomic E-state index is 12.1. The van der Waals surface area contributed by atoms with Crippen molar-refractivity contribution >= 4 is 38.9 Å². The third-order valence-electron chi connectivity index (χ3n) is 5.11. The third-order valence-corrected chi connectivity index (χ3v) is 5.93. The number of oxazole rings is 1. The Labute approximate surface area is 213 Å². The van der Waals surface area contributed by atoms with E-state index < -0.39 is 15.7 Å². The van der Waals surface area contributed by atoms with E-state index in [2.05, 4.69) is 30.7 Å². The first-order valence-corrected chi connectivity index (χ1v) is 13.1. The van der Waals surface area contributed by atoms with Crippen LogP contribution in [0.25, 0.3) is 11.5 Å². The Morgan fingerprint density at radius 3 is 2.65 bits per heavy atom. The van der Waals surface area contributed by atoms with Gasteiger partial charge in [0.15, 0.2) is 15.6 Å². The molecule has 0 fully saturated rings. The minimum absolute atomic E-state index is 0.0578. The summed E-state index contributed by atoms with van der Waals surface area (Å²) >= 11 is 0. The normalized spacial score (nSPS) is 11.5. The van der Waals surface area contributed by atoms with E-state index in [1.54, 1.807) is 29.1 Å². The van der Waals surface area contributed by atoms with Gasteiger partial charge in [-0.05, 0) is 26.0 Å². The van der Waals surface area contributed by atoms with Crippen molar-refractivity contribution in [3.05, 3.63) is 54.3 Å². The molecule has 0 saturated carbocycles. The van der Waals surface area contributed by atoms with Gasteiger partial charge in [-0.15, -0.1) is 0 Å². The van der Waals surface area contributed by atoms with Crippen LogP contribution in [0.5, 0.6) is 5.75 Å². The van der Waals surface area contributed by atoms with Gasteiger partial charge in [0.25, 0.3) is 5.91 Å². The maximum absolute atomic E-state index is 12.1. The molecule has 0 aliphatic rings. The largest absolute Gasteiger partial charge is 0.494 e. The van der Waals surface area contributed by atoms with Crippen LogP contribution in [0.1, 0.15) is 35.9 Å². The molecule has 0 unspecified atom stereocenters. The predicted octanol–water partition coefficient (Wildman–Crippen LogP) is 3.05. The number of methoxy groups -OCH3 is 1. The number of aromatic nitrogens is 5. The standard InChI is InChI=1S/C23H26N8O5S/c1-13(2)31-10-14(8-26-31)28-23-25-9-17(20(24)32)21(30-23)29-18-7-5-6-16(19(18)35-3)22-27-15(11-36-22)12-37(4,33)34/h5-11,13H,12H2,1-4H3,(H2,24,32)(H2,25,28,29,30). The summed E-state index contributed by atoms with van der Waals surface area (Å²) in [5.41, 5.74) is 7.44. The first kappa shape index (κ1) is 25.6. The molecule has 3 aromatic heterocycles. The van der Waals surface area contributed by atoms with Crippen molar-refractivity contribution in [2.45, 2.75) is 25.6 Å². The van der Waals surface area contributed by atoms with Crippen molar-refractivity contribution in [2.75, 3.05) is 24.0 Å². The van der Waals surface area contributed by atoms with E-state index in [1.807, 2.05) is 20.0 Å². The molecule has 4 aromatic rings. The molecule has 4 N–H and O–H groups in total. The van der Waals surface area contributed by atoms with E-state index in [0.29, 0.717) is 22.7 Å². The van der Waals surface area contributed by atoms with Crippen molar-refractivity contribution in [2.24, 2.45) is 5.73 Å². The summed E-state index contributed by atoms with van der Waals surface area (Å²) in [4.78, 5) is 25.0. The minimum Gasteiger partial charge on any atom is -0.494 e. The highest BCUT2D eigenvalue weighted by Gasteiger charge is 2.20. The smallest absolute Gasteiger partial charge is 0.254 e. The SMILES string of the molecule is COc1c(Nc2nc(Nc3cnn(C(C)C)c3)ncc2C(N)=O)cccc1-c1nc(CS(C)(=O)=O)co1. The van der Waals surface area contributed by atoms with Gasteiger partial charge in [-0.3, -0.25) is 9.48 Å². The number of primary amides is 1. The predicted molar refractivity (Wildman–Crippen MR) is 137 cm³/mol. The van der Waals surface area contributed by atoms with Crippen LogP contribution >= 0.6 is 0 Å². The third kappa shape index (κ3) is 6.03. The van der Waals surface area contributed by atoms with Gasteiger partial charge in [-0.2, -0.15) is 10.1 Å². The number of hydrogen-bond acceptors (Lipinski definition) is 11. The zero-order valence-electron chi connectivity index (χ0n) is 20.6. The minimum atomic E-state index is -3.29. The highest BCUT2D eigenvalue weighted by molar-refractivity contribution is 7.89. The zero-order valence-corrected chi connectivity index (χ0v) is 21.4. The fourth-order valence-electron chi connectivity index (χ4n) is 3.45. The molecule has 1 amide bonds. The lowest BCUT2D eigenvalue weighted by atomic mass is 10.1. The molecule has 13 nitrogen and oxygen atoms in total. The molecule has 0 bridgehead atoms. The Bertz CT molecular complexity index is 1540. The van der Waals surface area contributed by atoms with Crippen LogP contribution < -0.4 is 21.1 Å². The van der Waals surface area contributed by atoms with E-state index >= 15 is 0 Å². The van der Waals surface area contributed by atoms with Gasteiger partial charge in [-0.25, -0.2) is 18.4 Å². The number of nitrogens with two attached hydrogens (primary N) is 1. The van der Waals surface area contributed by atoms with Crippen LogP contribution in [0, 0.1) is 0 Å². The second kappa shape index (κ2) is 10.3. The summed E-state index contributed by atoms with van der Waals surface area (Å²) in [6.45, 7) is 4.01. The molecule has 0 aliphatic carbocycles. The molecule has 4 rings (SSSR count). The van der Waals surface area contributed by atoms with Crippen LogP contribution in [0.4, 0.5) is 23.1 Å². The molecule has 0 radical (unpaired) electrons. The Kier molecular flexibility index (Phi) is 7.11. The number of benzene rings is 1. The van der Waals surface area contributed by atoms with Gasteiger partial charge in [-0.1, -0.05) is 6.07 Å². The number of carbonyl (C=O) groups excluding carboxylic acids is 1. The number of anilines is 4. The number of carbonyl (C=O) groups is 1. The lowest BCUT2D eigenvalue weighted by molar-refractivity contribution is 0.100. The number of rotatable bonds is 10. The second-order valence-corrected chi connectivity index (χ2v) is 10.6. The van der Waals surface area contributed by atoms with Crippen molar-refractivity contribution in [1.29, 1.82) is 0 Å². The first-order chi connectivity index (χ1) is 17.5. The molecule has 0 saturated heterocycles. The van der Waals surface area contributed by atoms with E-state index in [4.69, 9.17) is 14.9 Å². The summed E-state index contributed by atoms with van der Waals surface area (Å²) in [5.74, 6) is -0.134. The van der Waals surface area contributed by atoms with Gasteiger partial charge in [0.2, 0.25) is 11.8 Å². The number of amides is 1. The fourth-order valence-corrected chi connectivity index (χ4v) is 4.12.